The number of nitrogens with two attached hydrogens (primary N) is 1. The summed E-state index contributed by atoms with van der Waals surface area (Å²) >= 11 is 0. The van der Waals surface area contributed by atoms with Crippen LogP contribution in [0.1, 0.15) is 115 Å². The SMILES string of the molecule is CNc1ccc(C(=O)CC(O)CC[C@H](C)C2OC(=O)C[C@H](O)CC(=O)C[C@H](O)C[C@H](O)C[C@H](O)C[C@H](O)C[C@]3(O)C[C@H](O)[C@@H](C)[C@](O)(C[C@@H](O[C@@H]4O[C@H](C)[C@@H](N)[C@H](O)[C@@H]4O)/C=C/C=C/C=C/C=C/C=C/C=C/C=C/[C@@H]2C)O3)cc1. The molecule has 79 heavy (non-hydrogen) atoms. The van der Waals surface area contributed by atoms with Crippen LogP contribution in [-0.4, -0.2) is 178 Å². The number of anilines is 1. The summed E-state index contributed by atoms with van der Waals surface area (Å²) in [6.45, 7) is 6.78. The van der Waals surface area contributed by atoms with Gasteiger partial charge in [0.1, 0.15) is 24.1 Å². The second-order valence-electron chi connectivity index (χ2n) is 21.6. The topological polar surface area (TPSA) is 349 Å². The minimum absolute atomic E-state index is 0.0996. The maximum atomic E-state index is 13.3. The van der Waals surface area contributed by atoms with Gasteiger partial charge in [-0.2, -0.15) is 0 Å². The van der Waals surface area contributed by atoms with Crippen LogP contribution < -0.4 is 11.1 Å². The molecule has 2 unspecified atom stereocenters. The van der Waals surface area contributed by atoms with Gasteiger partial charge in [0.05, 0.1) is 67.4 Å². The minimum Gasteiger partial charge on any atom is -0.461 e. The summed E-state index contributed by atoms with van der Waals surface area (Å²) in [6.07, 6.45) is 4.07. The van der Waals surface area contributed by atoms with Crippen molar-refractivity contribution in [1.82, 2.24) is 0 Å². The van der Waals surface area contributed by atoms with Gasteiger partial charge in [0.2, 0.25) is 0 Å². The molecule has 3 heterocycles. The fraction of sp³-hybridized carbons (Fsp3) is 0.610. The van der Waals surface area contributed by atoms with E-state index in [0.29, 0.717) is 12.0 Å². The number of carbonyl (C=O) groups is 3. The highest BCUT2D eigenvalue weighted by Crippen LogP contribution is 2.43. The minimum atomic E-state index is -2.35. The van der Waals surface area contributed by atoms with Crippen LogP contribution in [0.5, 0.6) is 0 Å². The number of esters is 1. The number of benzene rings is 1. The van der Waals surface area contributed by atoms with Crippen LogP contribution in [0.4, 0.5) is 5.69 Å². The Balaban J connectivity index is 1.53. The molecule has 3 aliphatic rings. The molecule has 14 N–H and O–H groups in total. The van der Waals surface area contributed by atoms with Gasteiger partial charge in [-0.1, -0.05) is 106 Å². The van der Waals surface area contributed by atoms with Crippen molar-refractivity contribution in [3.63, 3.8) is 0 Å². The molecular weight excluding hydrogens is 1020 g/mol. The number of hydrogen-bond acceptors (Lipinski definition) is 20. The third-order valence-corrected chi connectivity index (χ3v) is 14.6. The number of aliphatic hydroxyl groups is 11. The normalized spacial score (nSPS) is 39.4. The second-order valence-corrected chi connectivity index (χ2v) is 21.6. The molecule has 1 aromatic rings. The standard InChI is InChI=1S/C59H88N2O18/c1-36-18-16-14-12-10-8-6-7-9-11-13-15-17-19-49(77-57-55(73)54(72)53(60)39(4)76-57)34-59(75)38(3)51(70)35-58(74,79-59)33-48(68)30-46(66)28-44(64)26-43(63)27-45(65)29-47(67)32-52(71)78-56(36)37(2)20-25-42(62)31-50(69)40-21-23-41(61-5)24-22-40/h6-19,21-24,36-39,42-44,46-49,51,53-57,61-64,66-68,70,72-75H,20,25-35,60H2,1-5H3/b7-6+,10-8+,11-9+,14-12+,15-13+,18-16+,19-17+/t36-,37-,38+,39+,42?,43+,44-,46-,47+,48-,49-,51-,53+,54-,55-,56?,57-,58+,59-/m0/s1. The number of hydrogen-bond donors (Lipinski definition) is 13. The fourth-order valence-electron chi connectivity index (χ4n) is 9.94. The van der Waals surface area contributed by atoms with Gasteiger partial charge in [0.25, 0.3) is 0 Å². The quantitative estimate of drug-likeness (QED) is 0.118. The molecule has 0 spiro atoms. The highest BCUT2D eigenvalue weighted by molar-refractivity contribution is 5.96. The molecule has 20 heteroatoms. The average molecular weight is 1110 g/mol. The Hall–Kier alpha value is -4.59. The van der Waals surface area contributed by atoms with Crippen molar-refractivity contribution in [3.05, 3.63) is 115 Å². The number of Topliss-reactive ketones (excluding diaryl/α,β-unsaturated/α-hetero) is 2. The van der Waals surface area contributed by atoms with E-state index < -0.39 is 160 Å². The zero-order valence-electron chi connectivity index (χ0n) is 46.0. The summed E-state index contributed by atoms with van der Waals surface area (Å²) in [6, 6.07) is 5.99. The van der Waals surface area contributed by atoms with E-state index in [-0.39, 0.29) is 43.3 Å². The van der Waals surface area contributed by atoms with Crippen LogP contribution in [0.25, 0.3) is 0 Å². The largest absolute Gasteiger partial charge is 0.461 e. The molecule has 19 atom stereocenters. The Bertz CT molecular complexity index is 2250. The van der Waals surface area contributed by atoms with Crippen LogP contribution in [0.2, 0.25) is 0 Å². The molecule has 2 saturated heterocycles. The van der Waals surface area contributed by atoms with Gasteiger partial charge in [0, 0.05) is 68.7 Å². The lowest BCUT2D eigenvalue weighted by atomic mass is 9.81. The number of nitrogens with one attached hydrogen (secondary N) is 1. The van der Waals surface area contributed by atoms with E-state index in [0.717, 1.165) is 5.69 Å². The van der Waals surface area contributed by atoms with Crippen molar-refractivity contribution in [2.24, 2.45) is 23.5 Å². The maximum Gasteiger partial charge on any atom is 0.308 e. The Morgan fingerprint density at radius 1 is 0.709 bits per heavy atom. The number of ketones is 2. The summed E-state index contributed by atoms with van der Waals surface area (Å²) in [4.78, 5) is 39.2. The van der Waals surface area contributed by atoms with Crippen LogP contribution in [0, 0.1) is 17.8 Å². The van der Waals surface area contributed by atoms with Gasteiger partial charge >= 0.3 is 5.97 Å². The first kappa shape index (κ1) is 66.9. The summed E-state index contributed by atoms with van der Waals surface area (Å²) < 4.78 is 23.7. The predicted molar refractivity (Wildman–Crippen MR) is 294 cm³/mol. The molecule has 442 valence electrons. The zero-order chi connectivity index (χ0) is 58.5. The van der Waals surface area contributed by atoms with Gasteiger partial charge in [0.15, 0.2) is 23.6 Å². The van der Waals surface area contributed by atoms with Crippen molar-refractivity contribution in [1.29, 1.82) is 0 Å². The van der Waals surface area contributed by atoms with E-state index in [1.165, 1.54) is 13.0 Å². The van der Waals surface area contributed by atoms with E-state index >= 15 is 0 Å². The van der Waals surface area contributed by atoms with Crippen molar-refractivity contribution in [2.45, 2.75) is 202 Å². The summed E-state index contributed by atoms with van der Waals surface area (Å²) in [5.41, 5.74) is 7.30. The van der Waals surface area contributed by atoms with Gasteiger partial charge in [-0.25, -0.2) is 0 Å². The Morgan fingerprint density at radius 2 is 1.25 bits per heavy atom. The number of fused-ring (bicyclic) bond motifs is 2. The fourth-order valence-corrected chi connectivity index (χ4v) is 9.94. The molecule has 20 nitrogen and oxygen atoms in total. The smallest absolute Gasteiger partial charge is 0.308 e. The number of allylic oxidation sites excluding steroid dienone is 12. The lowest BCUT2D eigenvalue weighted by Gasteiger charge is -2.50. The molecule has 0 radical (unpaired) electrons. The summed E-state index contributed by atoms with van der Waals surface area (Å²) in [5.74, 6) is -8.02. The van der Waals surface area contributed by atoms with Gasteiger partial charge in [-0.15, -0.1) is 0 Å². The lowest BCUT2D eigenvalue weighted by Crippen LogP contribution is -2.62. The Kier molecular flexibility index (Phi) is 27.7. The van der Waals surface area contributed by atoms with Crippen molar-refractivity contribution >= 4 is 23.2 Å². The predicted octanol–water partition coefficient (Wildman–Crippen LogP) is 3.00. The Labute approximate surface area is 463 Å². The van der Waals surface area contributed by atoms with Crippen LogP contribution in [0.3, 0.4) is 0 Å². The van der Waals surface area contributed by atoms with Crippen molar-refractivity contribution < 1.29 is 89.5 Å². The first-order valence-corrected chi connectivity index (χ1v) is 27.4. The first-order chi connectivity index (χ1) is 37.3. The molecule has 1 aromatic carbocycles. The summed E-state index contributed by atoms with van der Waals surface area (Å²) in [5, 5.41) is 124. The lowest BCUT2D eigenvalue weighted by molar-refractivity contribution is -0.401. The van der Waals surface area contributed by atoms with E-state index in [2.05, 4.69) is 5.32 Å². The summed E-state index contributed by atoms with van der Waals surface area (Å²) in [7, 11) is 1.77. The van der Waals surface area contributed by atoms with Crippen molar-refractivity contribution in [2.75, 3.05) is 12.4 Å². The van der Waals surface area contributed by atoms with E-state index in [1.54, 1.807) is 111 Å². The molecular formula is C59H88N2O18. The third-order valence-electron chi connectivity index (χ3n) is 14.6. The van der Waals surface area contributed by atoms with Crippen LogP contribution in [-0.2, 0) is 28.5 Å². The Morgan fingerprint density at radius 3 is 1.85 bits per heavy atom. The number of aliphatic hydroxyl groups excluding tert-OH is 9. The zero-order valence-corrected chi connectivity index (χ0v) is 46.0. The molecule has 0 aromatic heterocycles. The van der Waals surface area contributed by atoms with Crippen LogP contribution >= 0.6 is 0 Å². The van der Waals surface area contributed by atoms with Gasteiger partial charge in [-0.3, -0.25) is 14.4 Å². The molecule has 0 amide bonds. The molecule has 2 bridgehead atoms. The van der Waals surface area contributed by atoms with Crippen LogP contribution in [0.15, 0.2) is 109 Å². The first-order valence-electron chi connectivity index (χ1n) is 27.4. The molecule has 3 aliphatic heterocycles. The van der Waals surface area contributed by atoms with Gasteiger partial charge < -0.3 is 86.2 Å². The molecule has 0 aliphatic carbocycles. The molecule has 0 saturated carbocycles. The van der Waals surface area contributed by atoms with E-state index in [9.17, 15) is 70.6 Å². The number of cyclic esters (lactones) is 1. The van der Waals surface area contributed by atoms with E-state index in [1.807, 2.05) is 19.9 Å². The monoisotopic (exact) mass is 1110 g/mol. The highest BCUT2D eigenvalue weighted by atomic mass is 16.7. The number of ether oxygens (including phenoxy) is 4. The molecule has 4 rings (SSSR count). The van der Waals surface area contributed by atoms with Gasteiger partial charge in [-0.05, 0) is 69.2 Å². The maximum absolute atomic E-state index is 13.3. The molecule has 2 fully saturated rings. The highest BCUT2D eigenvalue weighted by Gasteiger charge is 2.54. The number of carbonyl (C=O) groups excluding carboxylic acids is 3. The second kappa shape index (κ2) is 32.8. The number of rotatable bonds is 10. The van der Waals surface area contributed by atoms with Crippen molar-refractivity contribution in [3.8, 4) is 0 Å². The van der Waals surface area contributed by atoms with E-state index in [4.69, 9.17) is 24.7 Å². The third kappa shape index (κ3) is 22.7. The average Bonchev–Trinajstić information content (AvgIpc) is 3.39.